The highest BCUT2D eigenvalue weighted by molar-refractivity contribution is 14.1. The molecule has 1 aromatic rings. The van der Waals surface area contributed by atoms with Crippen molar-refractivity contribution >= 4 is 45.2 Å². The molecule has 0 aliphatic rings. The molecular weight excluding hydrogens is 342 g/mol. The van der Waals surface area contributed by atoms with Crippen molar-refractivity contribution in [2.45, 2.75) is 0 Å². The van der Waals surface area contributed by atoms with Gasteiger partial charge in [-0.2, -0.15) is 0 Å². The van der Waals surface area contributed by atoms with Crippen LogP contribution in [0.5, 0.6) is 5.75 Å². The summed E-state index contributed by atoms with van der Waals surface area (Å²) in [5, 5.41) is 10.8. The largest absolute Gasteiger partial charge is 0.289 e. The van der Waals surface area contributed by atoms with Crippen LogP contribution in [0.1, 0.15) is 0 Å². The molecule has 9 heavy (non-hydrogen) atoms. The summed E-state index contributed by atoms with van der Waals surface area (Å²) in [6.07, 6.45) is 0. The monoisotopic (exact) mass is 345 g/mol. The van der Waals surface area contributed by atoms with Crippen molar-refractivity contribution in [2.75, 3.05) is 0 Å². The second-order valence-corrected chi connectivity index (χ2v) is 3.79. The summed E-state index contributed by atoms with van der Waals surface area (Å²) in [7, 11) is 0. The Morgan fingerprint density at radius 1 is 1.22 bits per heavy atom. The minimum atomic E-state index is 0.113. The molecule has 47 valence electrons. The molecule has 1 aromatic carbocycles. The van der Waals surface area contributed by atoms with E-state index in [0.717, 1.165) is 7.14 Å². The molecule has 0 spiro atoms. The zero-order valence-electron chi connectivity index (χ0n) is 4.40. The molecule has 0 aliphatic heterocycles. The third-order valence-corrected chi connectivity index (χ3v) is 3.96. The second kappa shape index (κ2) is 3.05. The van der Waals surface area contributed by atoms with Gasteiger partial charge in [-0.3, -0.25) is 5.11 Å². The lowest BCUT2D eigenvalue weighted by Crippen LogP contribution is -1.76. The maximum atomic E-state index is 10.8. The number of benzene rings is 1. The van der Waals surface area contributed by atoms with Gasteiger partial charge < -0.3 is 0 Å². The van der Waals surface area contributed by atoms with Crippen LogP contribution < -0.4 is 0 Å². The van der Waals surface area contributed by atoms with Gasteiger partial charge in [0.05, 0.1) is 3.57 Å². The molecule has 0 atom stereocenters. The van der Waals surface area contributed by atoms with Crippen LogP contribution in [0.4, 0.5) is 0 Å². The third-order valence-electron chi connectivity index (χ3n) is 0.916. The molecule has 0 N–H and O–H groups in total. The van der Waals surface area contributed by atoms with Gasteiger partial charge in [-0.05, 0) is 57.3 Å². The van der Waals surface area contributed by atoms with Crippen molar-refractivity contribution in [1.82, 2.24) is 0 Å². The molecule has 0 fully saturated rings. The van der Waals surface area contributed by atoms with Gasteiger partial charge in [0.2, 0.25) is 0 Å². The maximum absolute atomic E-state index is 10.8. The zero-order valence-corrected chi connectivity index (χ0v) is 8.71. The highest BCUT2D eigenvalue weighted by atomic mass is 127. The van der Waals surface area contributed by atoms with Crippen molar-refractivity contribution in [3.63, 3.8) is 0 Å². The van der Waals surface area contributed by atoms with Crippen LogP contribution in [0.25, 0.3) is 0 Å². The van der Waals surface area contributed by atoms with Crippen molar-refractivity contribution < 1.29 is 5.11 Å². The van der Waals surface area contributed by atoms with Crippen molar-refractivity contribution in [3.8, 4) is 5.75 Å². The Morgan fingerprint density at radius 2 is 1.89 bits per heavy atom. The Morgan fingerprint density at radius 3 is 2.33 bits per heavy atom. The van der Waals surface area contributed by atoms with Crippen LogP contribution in [-0.4, -0.2) is 0 Å². The molecule has 0 aromatic heterocycles. The first-order chi connectivity index (χ1) is 4.22. The first-order valence-corrected chi connectivity index (χ1v) is 4.48. The van der Waals surface area contributed by atoms with E-state index in [1.807, 2.05) is 28.7 Å². The average molecular weight is 345 g/mol. The van der Waals surface area contributed by atoms with Crippen LogP contribution in [-0.2, 0) is 5.11 Å². The van der Waals surface area contributed by atoms with E-state index in [9.17, 15) is 5.11 Å². The van der Waals surface area contributed by atoms with E-state index in [4.69, 9.17) is 0 Å². The summed E-state index contributed by atoms with van der Waals surface area (Å²) in [5.74, 6) is 0.113. The Labute approximate surface area is 80.7 Å². The second-order valence-electron chi connectivity index (χ2n) is 1.55. The smallest absolute Gasteiger partial charge is 0.192 e. The van der Waals surface area contributed by atoms with Crippen LogP contribution in [0.15, 0.2) is 18.2 Å². The first-order valence-electron chi connectivity index (χ1n) is 2.33. The molecule has 0 heterocycles. The molecule has 1 nitrogen and oxygen atoms in total. The molecular formula is C6H3I2O. The van der Waals surface area contributed by atoms with Crippen molar-refractivity contribution in [3.05, 3.63) is 25.3 Å². The van der Waals surface area contributed by atoms with Crippen LogP contribution in [0.3, 0.4) is 0 Å². The summed E-state index contributed by atoms with van der Waals surface area (Å²) < 4.78 is 1.84. The molecule has 0 bridgehead atoms. The van der Waals surface area contributed by atoms with E-state index in [-0.39, 0.29) is 5.75 Å². The first kappa shape index (κ1) is 7.59. The van der Waals surface area contributed by atoms with E-state index >= 15 is 0 Å². The topological polar surface area (TPSA) is 19.9 Å². The standard InChI is InChI=1S/C6H3I2O/c7-4-2-1-3-5(9)6(4)8/h1-3H. The van der Waals surface area contributed by atoms with Gasteiger partial charge in [-0.15, -0.1) is 0 Å². The van der Waals surface area contributed by atoms with E-state index in [0.29, 0.717) is 0 Å². The van der Waals surface area contributed by atoms with Gasteiger partial charge in [0.15, 0.2) is 5.75 Å². The molecule has 0 unspecified atom stereocenters. The highest BCUT2D eigenvalue weighted by Crippen LogP contribution is 2.24. The summed E-state index contributed by atoms with van der Waals surface area (Å²) in [5.41, 5.74) is 0. The third kappa shape index (κ3) is 1.70. The highest BCUT2D eigenvalue weighted by Gasteiger charge is 2.00. The van der Waals surface area contributed by atoms with Crippen molar-refractivity contribution in [2.24, 2.45) is 0 Å². The average Bonchev–Trinajstić information content (AvgIpc) is 1.83. The number of hydrogen-bond donors (Lipinski definition) is 0. The molecule has 0 saturated carbocycles. The Kier molecular flexibility index (Phi) is 2.57. The van der Waals surface area contributed by atoms with Crippen LogP contribution >= 0.6 is 45.2 Å². The molecule has 0 amide bonds. The van der Waals surface area contributed by atoms with Crippen molar-refractivity contribution in [1.29, 1.82) is 0 Å². The minimum Gasteiger partial charge on any atom is -0.289 e. The van der Waals surface area contributed by atoms with E-state index in [1.165, 1.54) is 0 Å². The summed E-state index contributed by atoms with van der Waals surface area (Å²) >= 11 is 4.19. The van der Waals surface area contributed by atoms with Gasteiger partial charge in [0.1, 0.15) is 0 Å². The summed E-state index contributed by atoms with van der Waals surface area (Å²) in [6.45, 7) is 0. The fraction of sp³-hybridized carbons (Fsp3) is 0. The maximum Gasteiger partial charge on any atom is 0.192 e. The van der Waals surface area contributed by atoms with Gasteiger partial charge in [-0.1, -0.05) is 6.07 Å². The lowest BCUT2D eigenvalue weighted by atomic mass is 10.3. The lowest BCUT2D eigenvalue weighted by Gasteiger charge is -1.93. The predicted octanol–water partition coefficient (Wildman–Crippen LogP) is 3.04. The quantitative estimate of drug-likeness (QED) is 0.645. The Hall–Kier alpha value is 0.480. The molecule has 1 rings (SSSR count). The SMILES string of the molecule is [O]c1cccc(I)c1I. The fourth-order valence-electron chi connectivity index (χ4n) is 0.484. The minimum absolute atomic E-state index is 0.113. The fourth-order valence-corrected chi connectivity index (χ4v) is 1.32. The molecule has 3 heteroatoms. The summed E-state index contributed by atoms with van der Waals surface area (Å²) in [6, 6.07) is 5.26. The van der Waals surface area contributed by atoms with E-state index < -0.39 is 0 Å². The van der Waals surface area contributed by atoms with E-state index in [2.05, 4.69) is 22.6 Å². The zero-order chi connectivity index (χ0) is 6.85. The van der Waals surface area contributed by atoms with Gasteiger partial charge >= 0.3 is 0 Å². The van der Waals surface area contributed by atoms with Gasteiger partial charge in [-0.25, -0.2) is 0 Å². The predicted molar refractivity (Wildman–Crippen MR) is 52.0 cm³/mol. The number of hydrogen-bond acceptors (Lipinski definition) is 0. The van der Waals surface area contributed by atoms with Gasteiger partial charge in [0, 0.05) is 3.57 Å². The number of halogens is 2. The molecule has 0 saturated heterocycles. The van der Waals surface area contributed by atoms with Gasteiger partial charge in [0.25, 0.3) is 0 Å². The van der Waals surface area contributed by atoms with Crippen LogP contribution in [0, 0.1) is 7.14 Å². The normalized spacial score (nSPS) is 9.56. The summed E-state index contributed by atoms with van der Waals surface area (Å²) in [4.78, 5) is 0. The Balaban J connectivity index is 3.25. The molecule has 1 radical (unpaired) electrons. The lowest BCUT2D eigenvalue weighted by molar-refractivity contribution is 0.351. The van der Waals surface area contributed by atoms with E-state index in [1.54, 1.807) is 12.1 Å². The molecule has 0 aliphatic carbocycles. The van der Waals surface area contributed by atoms with Crippen LogP contribution in [0.2, 0.25) is 0 Å². The Bertz CT molecular complexity index is 202. The number of rotatable bonds is 0.